The Balaban J connectivity index is 2.22. The molecule has 0 aliphatic heterocycles. The Morgan fingerprint density at radius 2 is 1.94 bits per heavy atom. The Kier molecular flexibility index (Phi) is 3.62. The van der Waals surface area contributed by atoms with Crippen LogP contribution in [0.25, 0.3) is 10.8 Å². The molecule has 0 aromatic heterocycles. The Morgan fingerprint density at radius 1 is 1.18 bits per heavy atom. The SMILES string of the molecule is CCC(CC#N)Nc1ccc2ccccc2c1. The quantitative estimate of drug-likeness (QED) is 0.853. The molecule has 2 nitrogen and oxygen atoms in total. The van der Waals surface area contributed by atoms with E-state index in [0.29, 0.717) is 6.42 Å². The fourth-order valence-corrected chi connectivity index (χ4v) is 1.92. The highest BCUT2D eigenvalue weighted by atomic mass is 14.9. The van der Waals surface area contributed by atoms with Crippen molar-refractivity contribution in [1.29, 1.82) is 5.26 Å². The predicted molar refractivity (Wildman–Crippen MR) is 71.9 cm³/mol. The van der Waals surface area contributed by atoms with Gasteiger partial charge in [-0.3, -0.25) is 0 Å². The minimum absolute atomic E-state index is 0.237. The van der Waals surface area contributed by atoms with Crippen LogP contribution in [0, 0.1) is 11.3 Å². The second-order valence-electron chi connectivity index (χ2n) is 4.17. The van der Waals surface area contributed by atoms with Crippen molar-refractivity contribution in [2.45, 2.75) is 25.8 Å². The van der Waals surface area contributed by atoms with Gasteiger partial charge < -0.3 is 5.32 Å². The fraction of sp³-hybridized carbons (Fsp3) is 0.267. The monoisotopic (exact) mass is 224 g/mol. The van der Waals surface area contributed by atoms with Gasteiger partial charge in [-0.2, -0.15) is 5.26 Å². The number of nitrogens with one attached hydrogen (secondary N) is 1. The Labute approximate surface area is 102 Å². The third-order valence-electron chi connectivity index (χ3n) is 2.95. The topological polar surface area (TPSA) is 35.8 Å². The number of rotatable bonds is 4. The van der Waals surface area contributed by atoms with E-state index in [9.17, 15) is 0 Å². The fourth-order valence-electron chi connectivity index (χ4n) is 1.92. The number of hydrogen-bond acceptors (Lipinski definition) is 2. The average molecular weight is 224 g/mol. The summed E-state index contributed by atoms with van der Waals surface area (Å²) >= 11 is 0. The third kappa shape index (κ3) is 2.76. The summed E-state index contributed by atoms with van der Waals surface area (Å²) in [6.45, 7) is 2.09. The number of fused-ring (bicyclic) bond motifs is 1. The molecule has 2 aromatic rings. The Hall–Kier alpha value is -2.01. The van der Waals surface area contributed by atoms with Crippen LogP contribution >= 0.6 is 0 Å². The molecule has 2 heteroatoms. The van der Waals surface area contributed by atoms with Crippen LogP contribution in [-0.4, -0.2) is 6.04 Å². The summed E-state index contributed by atoms with van der Waals surface area (Å²) in [7, 11) is 0. The molecule has 0 bridgehead atoms. The molecule has 0 saturated carbocycles. The minimum Gasteiger partial charge on any atom is -0.381 e. The zero-order chi connectivity index (χ0) is 12.1. The molecular weight excluding hydrogens is 208 g/mol. The van der Waals surface area contributed by atoms with Gasteiger partial charge in [-0.05, 0) is 29.3 Å². The van der Waals surface area contributed by atoms with Gasteiger partial charge in [0.25, 0.3) is 0 Å². The molecule has 1 N–H and O–H groups in total. The molecule has 0 aliphatic rings. The molecule has 0 amide bonds. The summed E-state index contributed by atoms with van der Waals surface area (Å²) in [6, 6.07) is 17.1. The van der Waals surface area contributed by atoms with Gasteiger partial charge in [0.2, 0.25) is 0 Å². The van der Waals surface area contributed by atoms with E-state index < -0.39 is 0 Å². The van der Waals surface area contributed by atoms with Gasteiger partial charge in [-0.1, -0.05) is 37.3 Å². The van der Waals surface area contributed by atoms with Crippen molar-refractivity contribution in [2.24, 2.45) is 0 Å². The van der Waals surface area contributed by atoms with Gasteiger partial charge >= 0.3 is 0 Å². The molecule has 2 rings (SSSR count). The Bertz CT molecular complexity index is 540. The van der Waals surface area contributed by atoms with E-state index >= 15 is 0 Å². The smallest absolute Gasteiger partial charge is 0.0643 e. The van der Waals surface area contributed by atoms with E-state index in [0.717, 1.165) is 12.1 Å². The van der Waals surface area contributed by atoms with Crippen LogP contribution in [0.2, 0.25) is 0 Å². The van der Waals surface area contributed by atoms with E-state index in [-0.39, 0.29) is 6.04 Å². The summed E-state index contributed by atoms with van der Waals surface area (Å²) in [5, 5.41) is 14.6. The van der Waals surface area contributed by atoms with Crippen molar-refractivity contribution in [3.05, 3.63) is 42.5 Å². The average Bonchev–Trinajstić information content (AvgIpc) is 2.38. The van der Waals surface area contributed by atoms with Crippen molar-refractivity contribution < 1.29 is 0 Å². The molecule has 0 spiro atoms. The second kappa shape index (κ2) is 5.36. The van der Waals surface area contributed by atoms with E-state index in [1.54, 1.807) is 0 Å². The highest BCUT2D eigenvalue weighted by Crippen LogP contribution is 2.20. The first-order valence-corrected chi connectivity index (χ1v) is 5.95. The van der Waals surface area contributed by atoms with Gasteiger partial charge in [0.15, 0.2) is 0 Å². The maximum absolute atomic E-state index is 8.73. The maximum Gasteiger partial charge on any atom is 0.0643 e. The summed E-state index contributed by atoms with van der Waals surface area (Å²) < 4.78 is 0. The van der Waals surface area contributed by atoms with Crippen molar-refractivity contribution in [3.8, 4) is 6.07 Å². The van der Waals surface area contributed by atoms with Crippen LogP contribution in [0.15, 0.2) is 42.5 Å². The lowest BCUT2D eigenvalue weighted by atomic mass is 10.1. The predicted octanol–water partition coefficient (Wildman–Crippen LogP) is 3.94. The van der Waals surface area contributed by atoms with Crippen molar-refractivity contribution in [2.75, 3.05) is 5.32 Å². The van der Waals surface area contributed by atoms with Gasteiger partial charge in [-0.25, -0.2) is 0 Å². The van der Waals surface area contributed by atoms with E-state index in [2.05, 4.69) is 48.6 Å². The second-order valence-corrected chi connectivity index (χ2v) is 4.17. The van der Waals surface area contributed by atoms with Crippen molar-refractivity contribution >= 4 is 16.5 Å². The summed E-state index contributed by atoms with van der Waals surface area (Å²) in [5.74, 6) is 0. The molecule has 1 atom stereocenters. The van der Waals surface area contributed by atoms with Gasteiger partial charge in [0.05, 0.1) is 12.5 Å². The number of hydrogen-bond donors (Lipinski definition) is 1. The molecule has 0 aliphatic carbocycles. The highest BCUT2D eigenvalue weighted by Gasteiger charge is 2.05. The maximum atomic E-state index is 8.73. The van der Waals surface area contributed by atoms with Crippen LogP contribution in [0.5, 0.6) is 0 Å². The summed E-state index contributed by atoms with van der Waals surface area (Å²) in [6.07, 6.45) is 1.50. The van der Waals surface area contributed by atoms with E-state index in [4.69, 9.17) is 5.26 Å². The third-order valence-corrected chi connectivity index (χ3v) is 2.95. The largest absolute Gasteiger partial charge is 0.381 e. The summed E-state index contributed by atoms with van der Waals surface area (Å²) in [4.78, 5) is 0. The number of benzene rings is 2. The molecule has 17 heavy (non-hydrogen) atoms. The van der Waals surface area contributed by atoms with Crippen LogP contribution in [0.3, 0.4) is 0 Å². The number of nitrogens with zero attached hydrogens (tertiary/aromatic N) is 1. The minimum atomic E-state index is 0.237. The van der Waals surface area contributed by atoms with Crippen LogP contribution in [-0.2, 0) is 0 Å². The van der Waals surface area contributed by atoms with Crippen molar-refractivity contribution in [3.63, 3.8) is 0 Å². The molecule has 1 unspecified atom stereocenters. The van der Waals surface area contributed by atoms with Gasteiger partial charge in [-0.15, -0.1) is 0 Å². The van der Waals surface area contributed by atoms with Crippen LogP contribution in [0.4, 0.5) is 5.69 Å². The molecule has 0 radical (unpaired) electrons. The number of nitriles is 1. The zero-order valence-electron chi connectivity index (χ0n) is 9.98. The normalized spacial score (nSPS) is 12.0. The standard InChI is InChI=1S/C15H16N2/c1-2-14(9-10-16)17-15-8-7-12-5-3-4-6-13(12)11-15/h3-8,11,14,17H,2,9H2,1H3. The first-order valence-electron chi connectivity index (χ1n) is 5.95. The summed E-state index contributed by atoms with van der Waals surface area (Å²) in [5.41, 5.74) is 1.09. The van der Waals surface area contributed by atoms with Crippen LogP contribution < -0.4 is 5.32 Å². The lowest BCUT2D eigenvalue weighted by molar-refractivity contribution is 0.711. The van der Waals surface area contributed by atoms with E-state index in [1.807, 2.05) is 12.1 Å². The van der Waals surface area contributed by atoms with Gasteiger partial charge in [0, 0.05) is 11.7 Å². The molecule has 0 fully saturated rings. The Morgan fingerprint density at radius 3 is 2.65 bits per heavy atom. The van der Waals surface area contributed by atoms with Crippen LogP contribution in [0.1, 0.15) is 19.8 Å². The molecule has 86 valence electrons. The molecule has 2 aromatic carbocycles. The molecular formula is C15H16N2. The first-order chi connectivity index (χ1) is 8.33. The van der Waals surface area contributed by atoms with Crippen molar-refractivity contribution in [1.82, 2.24) is 0 Å². The number of anilines is 1. The highest BCUT2D eigenvalue weighted by molar-refractivity contribution is 5.85. The zero-order valence-corrected chi connectivity index (χ0v) is 9.98. The molecule has 0 saturated heterocycles. The lowest BCUT2D eigenvalue weighted by Crippen LogP contribution is -2.17. The van der Waals surface area contributed by atoms with Gasteiger partial charge in [0.1, 0.15) is 0 Å². The first kappa shape index (κ1) is 11.5. The lowest BCUT2D eigenvalue weighted by Gasteiger charge is -2.15. The van der Waals surface area contributed by atoms with E-state index in [1.165, 1.54) is 10.8 Å². The molecule has 0 heterocycles.